The van der Waals surface area contributed by atoms with Gasteiger partial charge in [0.25, 0.3) is 0 Å². The number of amides is 1. The Bertz CT molecular complexity index is 368. The second-order valence-electron chi connectivity index (χ2n) is 3.97. The van der Waals surface area contributed by atoms with Crippen LogP contribution >= 0.6 is 11.8 Å². The fourth-order valence-corrected chi connectivity index (χ4v) is 2.27. The summed E-state index contributed by atoms with van der Waals surface area (Å²) in [5.41, 5.74) is 7.66. The number of hydrogen-bond acceptors (Lipinski definition) is 3. The van der Waals surface area contributed by atoms with E-state index in [2.05, 4.69) is 12.2 Å². The van der Waals surface area contributed by atoms with Crippen molar-refractivity contribution in [1.29, 1.82) is 0 Å². The molecule has 0 saturated carbocycles. The molecule has 1 aromatic rings. The number of carbonyl (C=O) groups is 1. The third-order valence-corrected chi connectivity index (χ3v) is 3.62. The zero-order valence-corrected chi connectivity index (χ0v) is 11.2. The Hall–Kier alpha value is -1.16. The fourth-order valence-electron chi connectivity index (χ4n) is 1.42. The minimum atomic E-state index is 0.104. The molecule has 3 N–H and O–H groups in total. The smallest absolute Gasteiger partial charge is 0.230 e. The Balaban J connectivity index is 2.39. The largest absolute Gasteiger partial charge is 0.399 e. The molecule has 0 saturated heterocycles. The average Bonchev–Trinajstić information content (AvgIpc) is 2.33. The van der Waals surface area contributed by atoms with Crippen molar-refractivity contribution < 1.29 is 4.79 Å². The molecule has 1 unspecified atom stereocenters. The topological polar surface area (TPSA) is 55.1 Å². The molecular weight excluding hydrogens is 232 g/mol. The lowest BCUT2D eigenvalue weighted by atomic mass is 10.1. The molecule has 1 atom stereocenters. The van der Waals surface area contributed by atoms with Gasteiger partial charge in [0.15, 0.2) is 0 Å². The summed E-state index contributed by atoms with van der Waals surface area (Å²) in [5.74, 6) is 0.600. The first-order valence-corrected chi connectivity index (χ1v) is 6.92. The van der Waals surface area contributed by atoms with Gasteiger partial charge in [0, 0.05) is 17.5 Å². The van der Waals surface area contributed by atoms with E-state index in [1.807, 2.05) is 31.2 Å². The molecule has 0 aliphatic heterocycles. The second kappa shape index (κ2) is 7.22. The van der Waals surface area contributed by atoms with E-state index in [1.54, 1.807) is 11.8 Å². The molecule has 0 aliphatic carbocycles. The molecule has 4 heteroatoms. The molecule has 94 valence electrons. The Kier molecular flexibility index (Phi) is 5.91. The summed E-state index contributed by atoms with van der Waals surface area (Å²) in [6.07, 6.45) is 0.973. The Labute approximate surface area is 107 Å². The van der Waals surface area contributed by atoms with Crippen molar-refractivity contribution in [2.24, 2.45) is 0 Å². The van der Waals surface area contributed by atoms with Gasteiger partial charge in [-0.15, -0.1) is 11.8 Å². The molecule has 17 heavy (non-hydrogen) atoms. The Morgan fingerprint density at radius 2 is 2.29 bits per heavy atom. The first kappa shape index (κ1) is 13.9. The lowest BCUT2D eigenvalue weighted by Crippen LogP contribution is -2.25. The third kappa shape index (κ3) is 5.13. The summed E-state index contributed by atoms with van der Waals surface area (Å²) < 4.78 is 0. The monoisotopic (exact) mass is 252 g/mol. The van der Waals surface area contributed by atoms with E-state index in [1.165, 1.54) is 5.56 Å². The quantitative estimate of drug-likeness (QED) is 0.765. The molecule has 1 amide bonds. The van der Waals surface area contributed by atoms with Gasteiger partial charge in [-0.3, -0.25) is 4.79 Å². The van der Waals surface area contributed by atoms with Crippen molar-refractivity contribution in [2.75, 3.05) is 18.0 Å². The van der Waals surface area contributed by atoms with Crippen LogP contribution in [0.2, 0.25) is 0 Å². The van der Waals surface area contributed by atoms with Crippen molar-refractivity contribution in [3.05, 3.63) is 29.8 Å². The maximum absolute atomic E-state index is 11.4. The number of benzene rings is 1. The molecule has 0 heterocycles. The summed E-state index contributed by atoms with van der Waals surface area (Å²) in [4.78, 5) is 11.4. The molecule has 0 fully saturated rings. The number of rotatable bonds is 6. The van der Waals surface area contributed by atoms with Crippen LogP contribution in [0.5, 0.6) is 0 Å². The highest BCUT2D eigenvalue weighted by atomic mass is 32.2. The van der Waals surface area contributed by atoms with Crippen LogP contribution < -0.4 is 11.1 Å². The number of nitrogens with one attached hydrogen (secondary N) is 1. The average molecular weight is 252 g/mol. The van der Waals surface area contributed by atoms with Crippen molar-refractivity contribution >= 4 is 23.4 Å². The van der Waals surface area contributed by atoms with Gasteiger partial charge in [0.1, 0.15) is 0 Å². The summed E-state index contributed by atoms with van der Waals surface area (Å²) in [6.45, 7) is 4.89. The minimum absolute atomic E-state index is 0.104. The van der Waals surface area contributed by atoms with E-state index < -0.39 is 0 Å². The van der Waals surface area contributed by atoms with Gasteiger partial charge in [-0.25, -0.2) is 0 Å². The molecule has 0 spiro atoms. The van der Waals surface area contributed by atoms with Crippen LogP contribution in [0, 0.1) is 0 Å². The second-order valence-corrected chi connectivity index (χ2v) is 5.30. The van der Waals surface area contributed by atoms with Crippen LogP contribution in [0.3, 0.4) is 0 Å². The lowest BCUT2D eigenvalue weighted by Gasteiger charge is -2.12. The highest BCUT2D eigenvalue weighted by Gasteiger charge is 2.08. The highest BCUT2D eigenvalue weighted by molar-refractivity contribution is 8.00. The molecule has 0 aliphatic rings. The SMILES string of the molecule is CCCNC(=O)CSC(C)c1cccc(N)c1. The van der Waals surface area contributed by atoms with E-state index in [0.29, 0.717) is 5.75 Å². The predicted molar refractivity (Wildman–Crippen MR) is 75.0 cm³/mol. The molecule has 0 radical (unpaired) electrons. The maximum atomic E-state index is 11.4. The number of carbonyl (C=O) groups excluding carboxylic acids is 1. The van der Waals surface area contributed by atoms with E-state index in [4.69, 9.17) is 5.73 Å². The van der Waals surface area contributed by atoms with Gasteiger partial charge in [-0.2, -0.15) is 0 Å². The van der Waals surface area contributed by atoms with Gasteiger partial charge < -0.3 is 11.1 Å². The van der Waals surface area contributed by atoms with Crippen LogP contribution in [0.15, 0.2) is 24.3 Å². The van der Waals surface area contributed by atoms with Gasteiger partial charge in [0.05, 0.1) is 5.75 Å². The number of nitrogen functional groups attached to an aromatic ring is 1. The zero-order valence-electron chi connectivity index (χ0n) is 10.4. The van der Waals surface area contributed by atoms with Crippen LogP contribution in [-0.4, -0.2) is 18.2 Å². The van der Waals surface area contributed by atoms with E-state index in [-0.39, 0.29) is 11.2 Å². The van der Waals surface area contributed by atoms with Gasteiger partial charge in [0.2, 0.25) is 5.91 Å². The van der Waals surface area contributed by atoms with Crippen LogP contribution in [0.4, 0.5) is 5.69 Å². The first-order chi connectivity index (χ1) is 8.13. The standard InChI is InChI=1S/C13H20N2OS/c1-3-7-15-13(16)9-17-10(2)11-5-4-6-12(14)8-11/h4-6,8,10H,3,7,9,14H2,1-2H3,(H,15,16). The van der Waals surface area contributed by atoms with Crippen molar-refractivity contribution in [2.45, 2.75) is 25.5 Å². The highest BCUT2D eigenvalue weighted by Crippen LogP contribution is 2.28. The maximum Gasteiger partial charge on any atom is 0.230 e. The summed E-state index contributed by atoms with van der Waals surface area (Å²) in [7, 11) is 0. The lowest BCUT2D eigenvalue weighted by molar-refractivity contribution is -0.118. The summed E-state index contributed by atoms with van der Waals surface area (Å²) >= 11 is 1.63. The van der Waals surface area contributed by atoms with Gasteiger partial charge in [-0.05, 0) is 31.0 Å². The Morgan fingerprint density at radius 1 is 1.53 bits per heavy atom. The van der Waals surface area contributed by atoms with Crippen LogP contribution in [-0.2, 0) is 4.79 Å². The van der Waals surface area contributed by atoms with Gasteiger partial charge in [-0.1, -0.05) is 19.1 Å². The Morgan fingerprint density at radius 3 is 2.94 bits per heavy atom. The predicted octanol–water partition coefficient (Wildman–Crippen LogP) is 2.59. The van der Waals surface area contributed by atoms with Crippen molar-refractivity contribution in [3.63, 3.8) is 0 Å². The normalized spacial score (nSPS) is 12.1. The summed E-state index contributed by atoms with van der Waals surface area (Å²) in [6, 6.07) is 7.81. The summed E-state index contributed by atoms with van der Waals surface area (Å²) in [5, 5.41) is 3.15. The van der Waals surface area contributed by atoms with Crippen molar-refractivity contribution in [1.82, 2.24) is 5.32 Å². The van der Waals surface area contributed by atoms with Gasteiger partial charge >= 0.3 is 0 Å². The van der Waals surface area contributed by atoms with E-state index in [0.717, 1.165) is 18.7 Å². The van der Waals surface area contributed by atoms with E-state index in [9.17, 15) is 4.79 Å². The third-order valence-electron chi connectivity index (χ3n) is 2.42. The van der Waals surface area contributed by atoms with Crippen LogP contribution in [0.25, 0.3) is 0 Å². The number of hydrogen-bond donors (Lipinski definition) is 2. The molecular formula is C13H20N2OS. The molecule has 1 aromatic carbocycles. The van der Waals surface area contributed by atoms with E-state index >= 15 is 0 Å². The molecule has 3 nitrogen and oxygen atoms in total. The molecule has 0 bridgehead atoms. The molecule has 0 aromatic heterocycles. The first-order valence-electron chi connectivity index (χ1n) is 5.87. The van der Waals surface area contributed by atoms with Crippen molar-refractivity contribution in [3.8, 4) is 0 Å². The minimum Gasteiger partial charge on any atom is -0.399 e. The fraction of sp³-hybridized carbons (Fsp3) is 0.462. The number of nitrogens with two attached hydrogens (primary N) is 1. The number of anilines is 1. The zero-order chi connectivity index (χ0) is 12.7. The van der Waals surface area contributed by atoms with Crippen LogP contribution in [0.1, 0.15) is 31.1 Å². The number of thioether (sulfide) groups is 1. The molecule has 1 rings (SSSR count).